The number of nitrogens with zero attached hydrogens (tertiary/aromatic N) is 1. The van der Waals surface area contributed by atoms with E-state index in [1.54, 1.807) is 24.0 Å². The number of ether oxygens (including phenoxy) is 1. The summed E-state index contributed by atoms with van der Waals surface area (Å²) in [6, 6.07) is 12.7. The highest BCUT2D eigenvalue weighted by Crippen LogP contribution is 2.36. The fraction of sp³-hybridized carbons (Fsp3) is 0.486. The Balaban J connectivity index is 1.41. The van der Waals surface area contributed by atoms with Crippen LogP contribution in [0.3, 0.4) is 0 Å². The molecule has 3 atom stereocenters. The predicted molar refractivity (Wildman–Crippen MR) is 165 cm³/mol. The zero-order chi connectivity index (χ0) is 29.9. The number of halogens is 1. The zero-order valence-electron chi connectivity index (χ0n) is 25.3. The lowest BCUT2D eigenvalue weighted by molar-refractivity contribution is -0.123. The molecule has 224 valence electrons. The largest absolute Gasteiger partial charge is 0.382 e. The number of anilines is 1. The van der Waals surface area contributed by atoms with E-state index in [-0.39, 0.29) is 28.7 Å². The Hall–Kier alpha value is -3.45. The fourth-order valence-corrected chi connectivity index (χ4v) is 6.49. The summed E-state index contributed by atoms with van der Waals surface area (Å²) in [6.07, 6.45) is 10.4. The molecule has 0 bridgehead atoms. The SMILES string of the molecule is Cc1cccc(F)c1C(=O)N1CCCC(C(=O)Nc2cccc(C(C)(C)C)c2)[C@@H]1C1C=CC(NC2CCOCC2)=CC1. The predicted octanol–water partition coefficient (Wildman–Crippen LogP) is 6.52. The summed E-state index contributed by atoms with van der Waals surface area (Å²) < 4.78 is 20.5. The Labute approximate surface area is 249 Å². The molecule has 2 heterocycles. The minimum atomic E-state index is -0.522. The Bertz CT molecular complexity index is 1340. The number of allylic oxidation sites excluding steroid dienone is 2. The zero-order valence-corrected chi connectivity index (χ0v) is 25.3. The van der Waals surface area contributed by atoms with Crippen molar-refractivity contribution in [3.8, 4) is 0 Å². The molecule has 1 aliphatic carbocycles. The van der Waals surface area contributed by atoms with Gasteiger partial charge in [-0.05, 0) is 79.8 Å². The summed E-state index contributed by atoms with van der Waals surface area (Å²) in [5.74, 6) is -1.46. The number of nitrogens with one attached hydrogen (secondary N) is 2. The summed E-state index contributed by atoms with van der Waals surface area (Å²) in [5, 5.41) is 6.79. The van der Waals surface area contributed by atoms with Crippen molar-refractivity contribution in [2.24, 2.45) is 11.8 Å². The number of aryl methyl sites for hydroxylation is 1. The number of carbonyl (C=O) groups is 2. The second-order valence-electron chi connectivity index (χ2n) is 12.9. The molecule has 2 aromatic carbocycles. The van der Waals surface area contributed by atoms with E-state index in [0.717, 1.165) is 43.0 Å². The van der Waals surface area contributed by atoms with Crippen molar-refractivity contribution in [2.45, 2.75) is 77.3 Å². The van der Waals surface area contributed by atoms with Crippen molar-refractivity contribution in [1.29, 1.82) is 0 Å². The second-order valence-corrected chi connectivity index (χ2v) is 12.9. The van der Waals surface area contributed by atoms with E-state index in [1.807, 2.05) is 18.2 Å². The highest BCUT2D eigenvalue weighted by atomic mass is 19.1. The van der Waals surface area contributed by atoms with E-state index < -0.39 is 17.8 Å². The van der Waals surface area contributed by atoms with Gasteiger partial charge in [-0.2, -0.15) is 0 Å². The van der Waals surface area contributed by atoms with E-state index in [2.05, 4.69) is 55.7 Å². The third-order valence-electron chi connectivity index (χ3n) is 8.88. The first-order valence-electron chi connectivity index (χ1n) is 15.3. The standard InChI is InChI=1S/C35H44FN3O3/c1-23-8-5-12-30(36)31(23)34(41)39-19-7-11-29(33(40)38-28-10-6-9-25(22-28)35(2,3)4)32(39)24-13-15-26(16-14-24)37-27-17-20-42-21-18-27/h5-6,8-10,12-13,15-16,22,24,27,29,32,37H,7,11,14,17-21H2,1-4H3,(H,38,40)/t24?,29?,32-/m0/s1. The highest BCUT2D eigenvalue weighted by molar-refractivity contribution is 5.98. The van der Waals surface area contributed by atoms with Gasteiger partial charge in [-0.3, -0.25) is 9.59 Å². The lowest BCUT2D eigenvalue weighted by Gasteiger charge is -2.44. The van der Waals surface area contributed by atoms with Crippen LogP contribution in [0.25, 0.3) is 0 Å². The molecule has 0 radical (unpaired) electrons. The average Bonchev–Trinajstić information content (AvgIpc) is 2.97. The molecule has 0 aromatic heterocycles. The van der Waals surface area contributed by atoms with E-state index in [1.165, 1.54) is 6.07 Å². The van der Waals surface area contributed by atoms with E-state index >= 15 is 4.39 Å². The van der Waals surface area contributed by atoms with Crippen LogP contribution in [-0.2, 0) is 14.9 Å². The first-order valence-corrected chi connectivity index (χ1v) is 15.3. The Morgan fingerprint density at radius 3 is 2.50 bits per heavy atom. The molecule has 2 aliphatic heterocycles. The summed E-state index contributed by atoms with van der Waals surface area (Å²) in [4.78, 5) is 29.7. The lowest BCUT2D eigenvalue weighted by Crippen LogP contribution is -2.55. The molecule has 7 heteroatoms. The van der Waals surface area contributed by atoms with E-state index in [0.29, 0.717) is 37.4 Å². The summed E-state index contributed by atoms with van der Waals surface area (Å²) in [5.41, 5.74) is 3.60. The van der Waals surface area contributed by atoms with Crippen molar-refractivity contribution in [3.63, 3.8) is 0 Å². The molecule has 3 aliphatic rings. The highest BCUT2D eigenvalue weighted by Gasteiger charge is 2.43. The van der Waals surface area contributed by atoms with Crippen molar-refractivity contribution >= 4 is 17.5 Å². The number of amides is 2. The van der Waals surface area contributed by atoms with Crippen molar-refractivity contribution < 1.29 is 18.7 Å². The van der Waals surface area contributed by atoms with Crippen LogP contribution in [0.1, 0.15) is 74.4 Å². The second kappa shape index (κ2) is 12.8. The number of piperidine rings is 1. The molecule has 0 saturated carbocycles. The van der Waals surface area contributed by atoms with Gasteiger partial charge in [-0.15, -0.1) is 0 Å². The maximum atomic E-state index is 15.0. The molecule has 2 N–H and O–H groups in total. The van der Waals surface area contributed by atoms with Gasteiger partial charge in [0.25, 0.3) is 5.91 Å². The molecule has 0 spiro atoms. The number of rotatable bonds is 6. The Kier molecular flexibility index (Phi) is 9.16. The van der Waals surface area contributed by atoms with Gasteiger partial charge in [0.1, 0.15) is 5.82 Å². The number of benzene rings is 2. The average molecular weight is 574 g/mol. The van der Waals surface area contributed by atoms with E-state index in [9.17, 15) is 9.59 Å². The maximum Gasteiger partial charge on any atom is 0.257 e. The Morgan fingerprint density at radius 2 is 1.81 bits per heavy atom. The van der Waals surface area contributed by atoms with Gasteiger partial charge in [0.15, 0.2) is 0 Å². The molecule has 42 heavy (non-hydrogen) atoms. The molecule has 2 aromatic rings. The molecule has 2 amide bonds. The van der Waals surface area contributed by atoms with Gasteiger partial charge in [0.2, 0.25) is 5.91 Å². The molecule has 2 saturated heterocycles. The van der Waals surface area contributed by atoms with Gasteiger partial charge in [0, 0.05) is 43.1 Å². The topological polar surface area (TPSA) is 70.7 Å². The first-order chi connectivity index (χ1) is 20.1. The Morgan fingerprint density at radius 1 is 1.05 bits per heavy atom. The van der Waals surface area contributed by atoms with Crippen LogP contribution in [0.4, 0.5) is 10.1 Å². The molecule has 5 rings (SSSR count). The van der Waals surface area contributed by atoms with Crippen LogP contribution >= 0.6 is 0 Å². The molecular formula is C35H44FN3O3. The smallest absolute Gasteiger partial charge is 0.257 e. The van der Waals surface area contributed by atoms with Crippen molar-refractivity contribution in [1.82, 2.24) is 10.2 Å². The monoisotopic (exact) mass is 573 g/mol. The summed E-state index contributed by atoms with van der Waals surface area (Å²) in [7, 11) is 0. The normalized spacial score (nSPS) is 23.3. The number of hydrogen-bond donors (Lipinski definition) is 2. The van der Waals surface area contributed by atoms with Gasteiger partial charge < -0.3 is 20.3 Å². The number of likely N-dealkylation sites (tertiary alicyclic amines) is 1. The van der Waals surface area contributed by atoms with Gasteiger partial charge in [-0.25, -0.2) is 4.39 Å². The van der Waals surface area contributed by atoms with Crippen LogP contribution in [-0.4, -0.2) is 48.6 Å². The fourth-order valence-electron chi connectivity index (χ4n) is 6.49. The van der Waals surface area contributed by atoms with Crippen LogP contribution in [0.5, 0.6) is 0 Å². The van der Waals surface area contributed by atoms with Crippen LogP contribution in [0, 0.1) is 24.6 Å². The molecular weight excluding hydrogens is 529 g/mol. The van der Waals surface area contributed by atoms with Gasteiger partial charge in [0.05, 0.1) is 17.5 Å². The summed E-state index contributed by atoms with van der Waals surface area (Å²) >= 11 is 0. The van der Waals surface area contributed by atoms with E-state index in [4.69, 9.17) is 4.74 Å². The maximum absolute atomic E-state index is 15.0. The van der Waals surface area contributed by atoms with Crippen LogP contribution in [0.2, 0.25) is 0 Å². The summed E-state index contributed by atoms with van der Waals surface area (Å²) in [6.45, 7) is 10.2. The van der Waals surface area contributed by atoms with Crippen molar-refractivity contribution in [2.75, 3.05) is 25.1 Å². The molecule has 2 unspecified atom stereocenters. The molecule has 6 nitrogen and oxygen atoms in total. The minimum absolute atomic E-state index is 0.0510. The minimum Gasteiger partial charge on any atom is -0.382 e. The third-order valence-corrected chi connectivity index (χ3v) is 8.88. The lowest BCUT2D eigenvalue weighted by atomic mass is 9.77. The van der Waals surface area contributed by atoms with Crippen LogP contribution in [0.15, 0.2) is 66.4 Å². The van der Waals surface area contributed by atoms with Gasteiger partial charge >= 0.3 is 0 Å². The third kappa shape index (κ3) is 6.78. The van der Waals surface area contributed by atoms with Gasteiger partial charge in [-0.1, -0.05) is 57.2 Å². The quantitative estimate of drug-likeness (QED) is 0.413. The molecule has 2 fully saturated rings. The first kappa shape index (κ1) is 30.0. The van der Waals surface area contributed by atoms with Crippen molar-refractivity contribution in [3.05, 3.63) is 88.9 Å². The van der Waals surface area contributed by atoms with Crippen LogP contribution < -0.4 is 10.6 Å². The number of carbonyl (C=O) groups excluding carboxylic acids is 2. The number of hydrogen-bond acceptors (Lipinski definition) is 4.